The van der Waals surface area contributed by atoms with Crippen LogP contribution in [0.1, 0.15) is 64.0 Å². The van der Waals surface area contributed by atoms with E-state index in [1.807, 2.05) is 7.05 Å². The Hall–Kier alpha value is -0.870. The Kier molecular flexibility index (Phi) is 7.97. The van der Waals surface area contributed by atoms with Gasteiger partial charge in [-0.15, -0.1) is 0 Å². The van der Waals surface area contributed by atoms with Gasteiger partial charge in [0.1, 0.15) is 0 Å². The maximum Gasteiger partial charge on any atom is 0.0672 e. The van der Waals surface area contributed by atoms with Gasteiger partial charge in [-0.3, -0.25) is 4.68 Å². The summed E-state index contributed by atoms with van der Waals surface area (Å²) in [4.78, 5) is 0. The van der Waals surface area contributed by atoms with E-state index in [-0.39, 0.29) is 0 Å². The summed E-state index contributed by atoms with van der Waals surface area (Å²) in [5.41, 5.74) is 3.95. The second-order valence-corrected chi connectivity index (χ2v) is 6.04. The first-order valence-electron chi connectivity index (χ1n) is 8.38. The van der Waals surface area contributed by atoms with Gasteiger partial charge < -0.3 is 10.1 Å². The van der Waals surface area contributed by atoms with Gasteiger partial charge in [-0.2, -0.15) is 5.10 Å². The molecule has 4 nitrogen and oxygen atoms in total. The molecule has 1 aromatic heterocycles. The molecule has 4 heteroatoms. The van der Waals surface area contributed by atoms with Crippen LogP contribution < -0.4 is 5.32 Å². The lowest BCUT2D eigenvalue weighted by molar-refractivity contribution is 0.113. The van der Waals surface area contributed by atoms with Gasteiger partial charge in [-0.05, 0) is 39.2 Å². The van der Waals surface area contributed by atoms with Gasteiger partial charge in [0.25, 0.3) is 0 Å². The van der Waals surface area contributed by atoms with Crippen molar-refractivity contribution in [3.63, 3.8) is 0 Å². The fourth-order valence-corrected chi connectivity index (χ4v) is 2.60. The van der Waals surface area contributed by atoms with Crippen LogP contribution in [0.15, 0.2) is 0 Å². The molecule has 1 heterocycles. The van der Waals surface area contributed by atoms with E-state index >= 15 is 0 Å². The van der Waals surface area contributed by atoms with Crippen LogP contribution in [-0.2, 0) is 24.1 Å². The molecule has 1 N–H and O–H groups in total. The summed E-state index contributed by atoms with van der Waals surface area (Å²) < 4.78 is 7.89. The Morgan fingerprint density at radius 2 is 1.86 bits per heavy atom. The van der Waals surface area contributed by atoms with Crippen LogP contribution in [0.3, 0.4) is 0 Å². The number of aromatic nitrogens is 2. The predicted molar refractivity (Wildman–Crippen MR) is 88.7 cm³/mol. The summed E-state index contributed by atoms with van der Waals surface area (Å²) in [5, 5.41) is 8.15. The number of nitrogens with one attached hydrogen (secondary N) is 1. The van der Waals surface area contributed by atoms with E-state index in [0.29, 0.717) is 12.0 Å². The van der Waals surface area contributed by atoms with E-state index in [1.165, 1.54) is 17.0 Å². The smallest absolute Gasteiger partial charge is 0.0672 e. The first kappa shape index (κ1) is 18.2. The molecule has 0 aliphatic heterocycles. The Morgan fingerprint density at radius 1 is 1.14 bits per heavy atom. The summed E-state index contributed by atoms with van der Waals surface area (Å²) in [7, 11) is 2.01. The third-order valence-corrected chi connectivity index (χ3v) is 4.00. The molecule has 0 aliphatic rings. The van der Waals surface area contributed by atoms with Gasteiger partial charge in [-0.1, -0.05) is 27.7 Å². The van der Waals surface area contributed by atoms with Crippen LogP contribution in [0.4, 0.5) is 0 Å². The Labute approximate surface area is 130 Å². The third-order valence-electron chi connectivity index (χ3n) is 4.00. The fraction of sp³-hybridized carbons (Fsp3) is 0.824. The largest absolute Gasteiger partial charge is 0.380 e. The molecule has 0 saturated heterocycles. The van der Waals surface area contributed by atoms with Crippen molar-refractivity contribution in [2.75, 3.05) is 20.3 Å². The summed E-state index contributed by atoms with van der Waals surface area (Å²) in [5.74, 6) is 0.704. The SMILES string of the molecule is CCc1nn(CCOCCC(C)C)c(CC)c1C(C)NC. The Morgan fingerprint density at radius 3 is 2.38 bits per heavy atom. The lowest BCUT2D eigenvalue weighted by atomic mass is 10.0. The molecule has 0 aromatic carbocycles. The van der Waals surface area contributed by atoms with Gasteiger partial charge >= 0.3 is 0 Å². The maximum absolute atomic E-state index is 5.74. The Balaban J connectivity index is 2.71. The number of rotatable bonds is 10. The minimum absolute atomic E-state index is 0.352. The van der Waals surface area contributed by atoms with Crippen LogP contribution in [0, 0.1) is 5.92 Å². The van der Waals surface area contributed by atoms with Crippen molar-refractivity contribution in [3.8, 4) is 0 Å². The highest BCUT2D eigenvalue weighted by Gasteiger charge is 2.19. The highest BCUT2D eigenvalue weighted by Crippen LogP contribution is 2.23. The van der Waals surface area contributed by atoms with Crippen molar-refractivity contribution in [1.29, 1.82) is 0 Å². The number of aryl methyl sites for hydroxylation is 1. The molecule has 0 fully saturated rings. The number of hydrogen-bond donors (Lipinski definition) is 1. The van der Waals surface area contributed by atoms with Crippen molar-refractivity contribution in [1.82, 2.24) is 15.1 Å². The molecule has 1 unspecified atom stereocenters. The summed E-state index contributed by atoms with van der Waals surface area (Å²) in [6, 6.07) is 0.352. The molecule has 1 rings (SSSR count). The van der Waals surface area contributed by atoms with Crippen molar-refractivity contribution in [2.24, 2.45) is 5.92 Å². The molecule has 1 aromatic rings. The first-order chi connectivity index (χ1) is 10.0. The normalized spacial score (nSPS) is 13.1. The molecule has 122 valence electrons. The molecular formula is C17H33N3O. The van der Waals surface area contributed by atoms with E-state index < -0.39 is 0 Å². The van der Waals surface area contributed by atoms with E-state index in [9.17, 15) is 0 Å². The lowest BCUT2D eigenvalue weighted by Crippen LogP contribution is -2.16. The van der Waals surface area contributed by atoms with Crippen LogP contribution in [0.2, 0.25) is 0 Å². The fourth-order valence-electron chi connectivity index (χ4n) is 2.60. The van der Waals surface area contributed by atoms with Gasteiger partial charge in [0.05, 0.1) is 18.8 Å². The van der Waals surface area contributed by atoms with E-state index in [1.54, 1.807) is 0 Å². The van der Waals surface area contributed by atoms with Crippen LogP contribution in [0.5, 0.6) is 0 Å². The molecule has 0 bridgehead atoms. The van der Waals surface area contributed by atoms with E-state index in [4.69, 9.17) is 9.84 Å². The average molecular weight is 295 g/mol. The average Bonchev–Trinajstić information content (AvgIpc) is 2.83. The van der Waals surface area contributed by atoms with Gasteiger partial charge in [0.2, 0.25) is 0 Å². The second-order valence-electron chi connectivity index (χ2n) is 6.04. The van der Waals surface area contributed by atoms with Crippen molar-refractivity contribution < 1.29 is 4.74 Å². The highest BCUT2D eigenvalue weighted by molar-refractivity contribution is 5.30. The zero-order valence-corrected chi connectivity index (χ0v) is 14.7. The lowest BCUT2D eigenvalue weighted by Gasteiger charge is -2.14. The molecule has 0 radical (unpaired) electrons. The van der Waals surface area contributed by atoms with Crippen molar-refractivity contribution in [2.45, 2.75) is 66.5 Å². The van der Waals surface area contributed by atoms with E-state index in [2.05, 4.69) is 44.6 Å². The molecular weight excluding hydrogens is 262 g/mol. The highest BCUT2D eigenvalue weighted by atomic mass is 16.5. The zero-order chi connectivity index (χ0) is 15.8. The quantitative estimate of drug-likeness (QED) is 0.673. The summed E-state index contributed by atoms with van der Waals surface area (Å²) in [6.07, 6.45) is 3.12. The summed E-state index contributed by atoms with van der Waals surface area (Å²) in [6.45, 7) is 13.5. The topological polar surface area (TPSA) is 39.1 Å². The number of nitrogens with zero attached hydrogens (tertiary/aromatic N) is 2. The van der Waals surface area contributed by atoms with Gasteiger partial charge in [-0.25, -0.2) is 0 Å². The van der Waals surface area contributed by atoms with Crippen LogP contribution in [0.25, 0.3) is 0 Å². The molecule has 21 heavy (non-hydrogen) atoms. The minimum Gasteiger partial charge on any atom is -0.380 e. The minimum atomic E-state index is 0.352. The molecule has 0 amide bonds. The monoisotopic (exact) mass is 295 g/mol. The Bertz CT molecular complexity index is 412. The number of hydrogen-bond acceptors (Lipinski definition) is 3. The maximum atomic E-state index is 5.74. The zero-order valence-electron chi connectivity index (χ0n) is 14.7. The van der Waals surface area contributed by atoms with E-state index in [0.717, 1.165) is 39.0 Å². The van der Waals surface area contributed by atoms with Crippen molar-refractivity contribution in [3.05, 3.63) is 17.0 Å². The molecule has 0 saturated carbocycles. The molecule has 0 aliphatic carbocycles. The van der Waals surface area contributed by atoms with Crippen LogP contribution >= 0.6 is 0 Å². The molecule has 0 spiro atoms. The first-order valence-corrected chi connectivity index (χ1v) is 8.38. The van der Waals surface area contributed by atoms with Crippen LogP contribution in [-0.4, -0.2) is 30.0 Å². The standard InChI is InChI=1S/C17H33N3O/c1-7-15-17(14(5)18-6)16(8-2)20(19-15)10-12-21-11-9-13(3)4/h13-14,18H,7-12H2,1-6H3. The third kappa shape index (κ3) is 5.11. The summed E-state index contributed by atoms with van der Waals surface area (Å²) >= 11 is 0. The second kappa shape index (κ2) is 9.21. The van der Waals surface area contributed by atoms with Crippen molar-refractivity contribution >= 4 is 0 Å². The predicted octanol–water partition coefficient (Wildman–Crippen LogP) is 3.35. The number of ether oxygens (including phenoxy) is 1. The van der Waals surface area contributed by atoms with Gasteiger partial charge in [0, 0.05) is 23.9 Å². The molecule has 1 atom stereocenters. The van der Waals surface area contributed by atoms with Gasteiger partial charge in [0.15, 0.2) is 0 Å².